The van der Waals surface area contributed by atoms with E-state index in [2.05, 4.69) is 42.7 Å². The molecule has 2 N–H and O–H groups in total. The normalized spacial score (nSPS) is 11.9. The molecule has 2 aromatic rings. The van der Waals surface area contributed by atoms with E-state index in [4.69, 9.17) is 0 Å². The van der Waals surface area contributed by atoms with Gasteiger partial charge in [-0.05, 0) is 62.2 Å². The Bertz CT molecular complexity index is 800. The van der Waals surface area contributed by atoms with Crippen LogP contribution in [0.2, 0.25) is 0 Å². The van der Waals surface area contributed by atoms with Crippen molar-refractivity contribution in [3.8, 4) is 0 Å². The fourth-order valence-corrected chi connectivity index (χ4v) is 2.92. The van der Waals surface area contributed by atoms with E-state index in [1.807, 2.05) is 31.0 Å². The molecule has 0 heterocycles. The van der Waals surface area contributed by atoms with Gasteiger partial charge in [0.05, 0.1) is 12.6 Å². The first-order chi connectivity index (χ1) is 12.8. The molecule has 0 aliphatic heterocycles. The van der Waals surface area contributed by atoms with Gasteiger partial charge in [-0.25, -0.2) is 0 Å². The molecule has 1 atom stereocenters. The lowest BCUT2D eigenvalue weighted by atomic mass is 10.0. The van der Waals surface area contributed by atoms with Crippen LogP contribution < -0.4 is 10.6 Å². The third-order valence-corrected chi connectivity index (χ3v) is 4.72. The van der Waals surface area contributed by atoms with Gasteiger partial charge in [0.15, 0.2) is 0 Å². The van der Waals surface area contributed by atoms with Gasteiger partial charge in [0.25, 0.3) is 5.91 Å². The van der Waals surface area contributed by atoms with Gasteiger partial charge >= 0.3 is 0 Å². The van der Waals surface area contributed by atoms with E-state index in [9.17, 15) is 9.59 Å². The van der Waals surface area contributed by atoms with Gasteiger partial charge in [-0.2, -0.15) is 0 Å². The van der Waals surface area contributed by atoms with E-state index < -0.39 is 0 Å². The number of carbonyl (C=O) groups excluding carboxylic acids is 2. The average molecular weight is 367 g/mol. The van der Waals surface area contributed by atoms with Gasteiger partial charge < -0.3 is 10.6 Å². The Morgan fingerprint density at radius 1 is 1.04 bits per heavy atom. The predicted octanol–water partition coefficient (Wildman–Crippen LogP) is 2.97. The fraction of sp³-hybridized carbons (Fsp3) is 0.364. The van der Waals surface area contributed by atoms with Crippen molar-refractivity contribution in [2.24, 2.45) is 0 Å². The van der Waals surface area contributed by atoms with Crippen molar-refractivity contribution in [3.63, 3.8) is 0 Å². The maximum Gasteiger partial charge on any atom is 0.251 e. The van der Waals surface area contributed by atoms with Crippen molar-refractivity contribution >= 4 is 11.8 Å². The molecule has 0 bridgehead atoms. The van der Waals surface area contributed by atoms with Crippen molar-refractivity contribution < 1.29 is 9.59 Å². The Hall–Kier alpha value is -2.66. The summed E-state index contributed by atoms with van der Waals surface area (Å²) in [6.45, 7) is 7.11. The Morgan fingerprint density at radius 3 is 2.30 bits per heavy atom. The highest BCUT2D eigenvalue weighted by molar-refractivity contribution is 5.93. The summed E-state index contributed by atoms with van der Waals surface area (Å²) in [6.07, 6.45) is 0. The van der Waals surface area contributed by atoms with Crippen molar-refractivity contribution in [3.05, 3.63) is 70.3 Å². The molecule has 0 fully saturated rings. The van der Waals surface area contributed by atoms with Crippen LogP contribution in [-0.4, -0.2) is 37.4 Å². The second kappa shape index (κ2) is 9.33. The van der Waals surface area contributed by atoms with E-state index in [-0.39, 0.29) is 17.9 Å². The average Bonchev–Trinajstić information content (AvgIpc) is 2.63. The first-order valence-electron chi connectivity index (χ1n) is 9.16. The van der Waals surface area contributed by atoms with Gasteiger partial charge in [-0.1, -0.05) is 30.3 Å². The van der Waals surface area contributed by atoms with E-state index in [0.717, 1.165) is 11.1 Å². The lowest BCUT2D eigenvalue weighted by Crippen LogP contribution is -2.36. The first-order valence-corrected chi connectivity index (χ1v) is 9.16. The van der Waals surface area contributed by atoms with Gasteiger partial charge in [0.1, 0.15) is 0 Å². The first kappa shape index (κ1) is 20.6. The van der Waals surface area contributed by atoms with Crippen LogP contribution >= 0.6 is 0 Å². The third-order valence-electron chi connectivity index (χ3n) is 4.72. The standard InChI is InChI=1S/C22H29N3O2/c1-15-6-9-20(12-16(15)2)17(3)24-21(26)14-25(5)13-18-7-10-19(11-8-18)22(27)23-4/h6-12,17H,13-14H2,1-5H3,(H,23,27)(H,24,26)/t17-/m1/s1. The smallest absolute Gasteiger partial charge is 0.251 e. The number of hydrogen-bond acceptors (Lipinski definition) is 3. The number of nitrogens with one attached hydrogen (secondary N) is 2. The molecular formula is C22H29N3O2. The third kappa shape index (κ3) is 5.93. The molecule has 0 saturated heterocycles. The quantitative estimate of drug-likeness (QED) is 0.791. The minimum atomic E-state index is -0.102. The number of rotatable bonds is 7. The van der Waals surface area contributed by atoms with Gasteiger partial charge in [0, 0.05) is 19.2 Å². The summed E-state index contributed by atoms with van der Waals surface area (Å²) in [5, 5.41) is 5.66. The number of hydrogen-bond donors (Lipinski definition) is 2. The van der Waals surface area contributed by atoms with Gasteiger partial charge in [-0.3, -0.25) is 14.5 Å². The van der Waals surface area contributed by atoms with Crippen molar-refractivity contribution in [2.45, 2.75) is 33.4 Å². The van der Waals surface area contributed by atoms with Crippen LogP contribution in [0.5, 0.6) is 0 Å². The summed E-state index contributed by atoms with van der Waals surface area (Å²) in [4.78, 5) is 25.9. The Balaban J connectivity index is 1.87. The molecule has 0 spiro atoms. The zero-order chi connectivity index (χ0) is 20.0. The number of nitrogens with zero attached hydrogens (tertiary/aromatic N) is 1. The lowest BCUT2D eigenvalue weighted by molar-refractivity contribution is -0.122. The van der Waals surface area contributed by atoms with Crippen LogP contribution in [0.25, 0.3) is 0 Å². The predicted molar refractivity (Wildman–Crippen MR) is 109 cm³/mol. The minimum absolute atomic E-state index is 0.00907. The number of likely N-dealkylation sites (N-methyl/N-ethyl adjacent to an activating group) is 1. The number of carbonyl (C=O) groups is 2. The molecule has 144 valence electrons. The number of amides is 2. The lowest BCUT2D eigenvalue weighted by Gasteiger charge is -2.20. The Kier molecular flexibility index (Phi) is 7.13. The van der Waals surface area contributed by atoms with Crippen LogP contribution in [0, 0.1) is 13.8 Å². The summed E-state index contributed by atoms with van der Waals surface area (Å²) in [6, 6.07) is 13.7. The molecule has 0 aliphatic rings. The highest BCUT2D eigenvalue weighted by atomic mass is 16.2. The maximum absolute atomic E-state index is 12.4. The Morgan fingerprint density at radius 2 is 1.70 bits per heavy atom. The SMILES string of the molecule is CNC(=O)c1ccc(CN(C)CC(=O)N[C@H](C)c2ccc(C)c(C)c2)cc1. The van der Waals surface area contributed by atoms with Gasteiger partial charge in [-0.15, -0.1) is 0 Å². The van der Waals surface area contributed by atoms with Crippen molar-refractivity contribution in [2.75, 3.05) is 20.6 Å². The van der Waals surface area contributed by atoms with Crippen LogP contribution in [0.3, 0.4) is 0 Å². The summed E-state index contributed by atoms with van der Waals surface area (Å²) in [5.41, 5.74) is 5.27. The van der Waals surface area contributed by atoms with Gasteiger partial charge in [0.2, 0.25) is 5.91 Å². The topological polar surface area (TPSA) is 61.4 Å². The fourth-order valence-electron chi connectivity index (χ4n) is 2.92. The second-order valence-electron chi connectivity index (χ2n) is 7.08. The highest BCUT2D eigenvalue weighted by Crippen LogP contribution is 2.16. The molecule has 0 unspecified atom stereocenters. The van der Waals surface area contributed by atoms with Crippen LogP contribution in [0.4, 0.5) is 0 Å². The summed E-state index contributed by atoms with van der Waals surface area (Å²) in [5.74, 6) is -0.111. The molecule has 0 aliphatic carbocycles. The van der Waals surface area contributed by atoms with Crippen LogP contribution in [0.15, 0.2) is 42.5 Å². The second-order valence-corrected chi connectivity index (χ2v) is 7.08. The molecule has 5 heteroatoms. The zero-order valence-corrected chi connectivity index (χ0v) is 16.8. The van der Waals surface area contributed by atoms with E-state index >= 15 is 0 Å². The summed E-state index contributed by atoms with van der Waals surface area (Å²) in [7, 11) is 3.52. The summed E-state index contributed by atoms with van der Waals surface area (Å²) < 4.78 is 0. The molecule has 2 amide bonds. The minimum Gasteiger partial charge on any atom is -0.355 e. The molecule has 0 radical (unpaired) electrons. The van der Waals surface area contributed by atoms with E-state index in [1.165, 1.54) is 11.1 Å². The highest BCUT2D eigenvalue weighted by Gasteiger charge is 2.13. The van der Waals surface area contributed by atoms with E-state index in [1.54, 1.807) is 19.2 Å². The van der Waals surface area contributed by atoms with Crippen molar-refractivity contribution in [1.29, 1.82) is 0 Å². The molecule has 27 heavy (non-hydrogen) atoms. The Labute approximate surface area is 161 Å². The number of benzene rings is 2. The van der Waals surface area contributed by atoms with Crippen LogP contribution in [-0.2, 0) is 11.3 Å². The van der Waals surface area contributed by atoms with Crippen LogP contribution in [0.1, 0.15) is 45.6 Å². The molecule has 5 nitrogen and oxygen atoms in total. The maximum atomic E-state index is 12.4. The zero-order valence-electron chi connectivity index (χ0n) is 16.8. The molecule has 2 aromatic carbocycles. The molecule has 0 saturated carbocycles. The molecule has 0 aromatic heterocycles. The number of aryl methyl sites for hydroxylation is 2. The molecular weight excluding hydrogens is 338 g/mol. The monoisotopic (exact) mass is 367 g/mol. The largest absolute Gasteiger partial charge is 0.355 e. The van der Waals surface area contributed by atoms with Crippen molar-refractivity contribution in [1.82, 2.24) is 15.5 Å². The van der Waals surface area contributed by atoms with E-state index in [0.29, 0.717) is 18.7 Å². The summed E-state index contributed by atoms with van der Waals surface area (Å²) >= 11 is 0. The molecule has 2 rings (SSSR count).